The number of anilines is 3. The van der Waals surface area contributed by atoms with E-state index in [1.165, 1.54) is 0 Å². The Balaban J connectivity index is 2.09. The molecule has 0 aliphatic carbocycles. The summed E-state index contributed by atoms with van der Waals surface area (Å²) in [4.78, 5) is 17.5. The van der Waals surface area contributed by atoms with Gasteiger partial charge in [-0.1, -0.05) is 5.92 Å². The van der Waals surface area contributed by atoms with Crippen LogP contribution in [0.1, 0.15) is 18.1 Å². The van der Waals surface area contributed by atoms with Gasteiger partial charge in [-0.3, -0.25) is 5.10 Å². The highest BCUT2D eigenvalue weighted by molar-refractivity contribution is 5.92. The number of nitrogens with zero attached hydrogens (tertiary/aromatic N) is 3. The molecule has 9 nitrogen and oxygen atoms in total. The van der Waals surface area contributed by atoms with Crippen molar-refractivity contribution >= 4 is 29.6 Å². The Bertz CT molecular complexity index is 869. The molecule has 9 heteroatoms. The number of nitrogens with one attached hydrogen (secondary N) is 3. The van der Waals surface area contributed by atoms with Crippen molar-refractivity contribution in [1.82, 2.24) is 15.2 Å². The van der Waals surface area contributed by atoms with E-state index in [4.69, 9.17) is 15.3 Å². The molecule has 0 aromatic carbocycles. The normalized spacial score (nSPS) is 16.5. The standard InChI is InChI=1S/C17H18N6O3/c1-11-10-26-7-6-23(11)15-8-12(2-3-16(24)25)13(9-18)17(21-15)20-14-4-5-19-22-14/h4-5,8-9,11,18H,6-7,10H2,1H3,(H,24,25)(H2,19,20,21,22)/t11-/m1/s1. The van der Waals surface area contributed by atoms with E-state index in [1.54, 1.807) is 18.3 Å². The first-order valence-electron chi connectivity index (χ1n) is 7.99. The fourth-order valence-electron chi connectivity index (χ4n) is 2.67. The number of hydrogen-bond donors (Lipinski definition) is 4. The Morgan fingerprint density at radius 1 is 1.62 bits per heavy atom. The molecule has 2 aromatic heterocycles. The average Bonchev–Trinajstić information content (AvgIpc) is 3.13. The predicted octanol–water partition coefficient (Wildman–Crippen LogP) is 1.21. The second-order valence-electron chi connectivity index (χ2n) is 5.70. The minimum atomic E-state index is -1.23. The molecule has 3 heterocycles. The molecule has 1 atom stereocenters. The van der Waals surface area contributed by atoms with Gasteiger partial charge in [-0.25, -0.2) is 9.78 Å². The van der Waals surface area contributed by atoms with Crippen LogP contribution in [0.3, 0.4) is 0 Å². The lowest BCUT2D eigenvalue weighted by Gasteiger charge is -2.34. The molecule has 0 amide bonds. The Morgan fingerprint density at radius 2 is 2.46 bits per heavy atom. The number of H-pyrrole nitrogens is 1. The second kappa shape index (κ2) is 7.67. The van der Waals surface area contributed by atoms with Gasteiger partial charge in [0.1, 0.15) is 17.5 Å². The van der Waals surface area contributed by atoms with E-state index in [-0.39, 0.29) is 6.04 Å². The van der Waals surface area contributed by atoms with E-state index in [1.807, 2.05) is 6.92 Å². The number of ether oxygens (including phenoxy) is 1. The molecule has 4 N–H and O–H groups in total. The average molecular weight is 354 g/mol. The molecular weight excluding hydrogens is 336 g/mol. The molecular formula is C17H18N6O3. The number of morpholine rings is 1. The first kappa shape index (κ1) is 17.4. The van der Waals surface area contributed by atoms with Crippen molar-refractivity contribution in [2.75, 3.05) is 30.0 Å². The molecule has 1 fully saturated rings. The Kier molecular flexibility index (Phi) is 5.15. The number of aromatic amines is 1. The Hall–Kier alpha value is -3.38. The minimum absolute atomic E-state index is 0.113. The van der Waals surface area contributed by atoms with Gasteiger partial charge in [0, 0.05) is 30.3 Å². The van der Waals surface area contributed by atoms with Crippen LogP contribution in [0, 0.1) is 17.3 Å². The zero-order valence-corrected chi connectivity index (χ0v) is 14.1. The van der Waals surface area contributed by atoms with Crippen LogP contribution in [-0.4, -0.2) is 58.3 Å². The zero-order valence-electron chi connectivity index (χ0n) is 14.1. The number of aromatic nitrogens is 3. The van der Waals surface area contributed by atoms with Crippen LogP contribution >= 0.6 is 0 Å². The first-order valence-corrected chi connectivity index (χ1v) is 7.99. The van der Waals surface area contributed by atoms with Gasteiger partial charge in [0.2, 0.25) is 0 Å². The zero-order chi connectivity index (χ0) is 18.5. The minimum Gasteiger partial charge on any atom is -0.472 e. The van der Waals surface area contributed by atoms with Crippen molar-refractivity contribution in [3.05, 3.63) is 29.5 Å². The quantitative estimate of drug-likeness (QED) is 0.480. The van der Waals surface area contributed by atoms with Crippen LogP contribution in [-0.2, 0) is 9.53 Å². The predicted molar refractivity (Wildman–Crippen MR) is 96.1 cm³/mol. The summed E-state index contributed by atoms with van der Waals surface area (Å²) in [7, 11) is 0. The van der Waals surface area contributed by atoms with Gasteiger partial charge in [-0.15, -0.1) is 0 Å². The third-order valence-electron chi connectivity index (χ3n) is 3.91. The van der Waals surface area contributed by atoms with E-state index < -0.39 is 5.97 Å². The maximum atomic E-state index is 10.8. The fourth-order valence-corrected chi connectivity index (χ4v) is 2.67. The first-order chi connectivity index (χ1) is 12.6. The van der Waals surface area contributed by atoms with E-state index in [0.29, 0.717) is 48.3 Å². The van der Waals surface area contributed by atoms with Crippen LogP contribution in [0.5, 0.6) is 0 Å². The maximum Gasteiger partial charge on any atom is 0.382 e. The van der Waals surface area contributed by atoms with Crippen molar-refractivity contribution in [2.24, 2.45) is 0 Å². The molecule has 26 heavy (non-hydrogen) atoms. The van der Waals surface area contributed by atoms with Crippen molar-refractivity contribution in [3.63, 3.8) is 0 Å². The molecule has 1 saturated heterocycles. The van der Waals surface area contributed by atoms with Gasteiger partial charge in [0.15, 0.2) is 0 Å². The number of rotatable bonds is 4. The van der Waals surface area contributed by atoms with Gasteiger partial charge < -0.3 is 25.5 Å². The van der Waals surface area contributed by atoms with Crippen LogP contribution in [0.25, 0.3) is 0 Å². The summed E-state index contributed by atoms with van der Waals surface area (Å²) < 4.78 is 5.46. The summed E-state index contributed by atoms with van der Waals surface area (Å²) in [6.45, 7) is 3.84. The second-order valence-corrected chi connectivity index (χ2v) is 5.70. The van der Waals surface area contributed by atoms with Crippen LogP contribution in [0.15, 0.2) is 18.3 Å². The van der Waals surface area contributed by atoms with Crippen molar-refractivity contribution in [1.29, 1.82) is 5.41 Å². The van der Waals surface area contributed by atoms with Crippen molar-refractivity contribution < 1.29 is 14.6 Å². The number of carboxylic acids is 1. The molecule has 1 aliphatic rings. The summed E-state index contributed by atoms with van der Waals surface area (Å²) in [6.07, 6.45) is 2.69. The number of pyridine rings is 1. The largest absolute Gasteiger partial charge is 0.472 e. The summed E-state index contributed by atoms with van der Waals surface area (Å²) in [5.74, 6) is 5.13. The lowest BCUT2D eigenvalue weighted by atomic mass is 10.1. The summed E-state index contributed by atoms with van der Waals surface area (Å²) in [6, 6.07) is 3.54. The third kappa shape index (κ3) is 3.81. The smallest absolute Gasteiger partial charge is 0.382 e. The van der Waals surface area contributed by atoms with E-state index >= 15 is 0 Å². The fraction of sp³-hybridized carbons (Fsp3) is 0.294. The van der Waals surface area contributed by atoms with Gasteiger partial charge in [0.05, 0.1) is 31.0 Å². The number of carboxylic acid groups (broad SMARTS) is 1. The highest BCUT2D eigenvalue weighted by Gasteiger charge is 2.22. The van der Waals surface area contributed by atoms with Gasteiger partial charge >= 0.3 is 5.97 Å². The number of hydrogen-bond acceptors (Lipinski definition) is 7. The lowest BCUT2D eigenvalue weighted by molar-refractivity contribution is -0.130. The summed E-state index contributed by atoms with van der Waals surface area (Å²) >= 11 is 0. The van der Waals surface area contributed by atoms with Gasteiger partial charge in [-0.2, -0.15) is 5.10 Å². The topological polar surface area (TPSA) is 127 Å². The summed E-state index contributed by atoms with van der Waals surface area (Å²) in [5, 5.41) is 26.3. The molecule has 0 spiro atoms. The maximum absolute atomic E-state index is 10.8. The van der Waals surface area contributed by atoms with E-state index in [2.05, 4.69) is 37.2 Å². The van der Waals surface area contributed by atoms with Crippen molar-refractivity contribution in [3.8, 4) is 11.8 Å². The highest BCUT2D eigenvalue weighted by Crippen LogP contribution is 2.26. The number of aliphatic carboxylic acids is 1. The highest BCUT2D eigenvalue weighted by atomic mass is 16.5. The monoisotopic (exact) mass is 354 g/mol. The van der Waals surface area contributed by atoms with Crippen molar-refractivity contribution in [2.45, 2.75) is 13.0 Å². The Morgan fingerprint density at radius 3 is 3.12 bits per heavy atom. The van der Waals surface area contributed by atoms with Crippen LogP contribution in [0.4, 0.5) is 17.5 Å². The SMILES string of the molecule is C[C@@H]1COCCN1c1cc(C#CC(=O)O)c(C=N)c(Nc2ccn[nH]2)n1. The molecule has 0 bridgehead atoms. The summed E-state index contributed by atoms with van der Waals surface area (Å²) in [5.41, 5.74) is 0.811. The van der Waals surface area contributed by atoms with Crippen LogP contribution in [0.2, 0.25) is 0 Å². The molecule has 1 aliphatic heterocycles. The molecule has 0 unspecified atom stereocenters. The molecule has 134 valence electrons. The lowest BCUT2D eigenvalue weighted by Crippen LogP contribution is -2.44. The van der Waals surface area contributed by atoms with E-state index in [0.717, 1.165) is 6.21 Å². The molecule has 3 rings (SSSR count). The van der Waals surface area contributed by atoms with E-state index in [9.17, 15) is 4.79 Å². The Labute approximate surface area is 149 Å². The molecule has 0 saturated carbocycles. The molecule has 2 aromatic rings. The molecule has 0 radical (unpaired) electrons. The third-order valence-corrected chi connectivity index (χ3v) is 3.91. The number of carbonyl (C=O) groups is 1. The van der Waals surface area contributed by atoms with Gasteiger partial charge in [-0.05, 0) is 13.0 Å². The van der Waals surface area contributed by atoms with Gasteiger partial charge in [0.25, 0.3) is 0 Å². The van der Waals surface area contributed by atoms with Crippen LogP contribution < -0.4 is 10.2 Å².